The number of rotatable bonds is 5. The normalized spacial score (nSPS) is 13.2. The molecule has 0 spiro atoms. The van der Waals surface area contributed by atoms with E-state index in [2.05, 4.69) is 167 Å². The Hall–Kier alpha value is -7.17. The van der Waals surface area contributed by atoms with Crippen LogP contribution in [-0.4, -0.2) is 9.13 Å². The lowest BCUT2D eigenvalue weighted by Crippen LogP contribution is -2.25. The van der Waals surface area contributed by atoms with Gasteiger partial charge in [0.15, 0.2) is 7.14 Å². The quantitative estimate of drug-likeness (QED) is 0.163. The van der Waals surface area contributed by atoms with E-state index in [4.69, 9.17) is 4.42 Å². The van der Waals surface area contributed by atoms with Gasteiger partial charge in [-0.25, -0.2) is 0 Å². The zero-order valence-electron chi connectivity index (χ0n) is 32.1. The molecular formula is C54H33N2O2PS. The number of fused-ring (bicyclic) bond motifs is 12. The summed E-state index contributed by atoms with van der Waals surface area (Å²) in [6.45, 7) is 0. The predicted octanol–water partition coefficient (Wildman–Crippen LogP) is 13.8. The molecule has 9 aromatic carbocycles. The molecule has 13 aromatic rings. The zero-order chi connectivity index (χ0) is 39.5. The third kappa shape index (κ3) is 4.76. The number of aromatic nitrogens is 2. The van der Waals surface area contributed by atoms with Crippen molar-refractivity contribution in [2.24, 2.45) is 0 Å². The summed E-state index contributed by atoms with van der Waals surface area (Å²) in [5.41, 5.74) is 8.25. The topological polar surface area (TPSA) is 40.1 Å². The van der Waals surface area contributed by atoms with Gasteiger partial charge < -0.3 is 18.1 Å². The largest absolute Gasteiger partial charge is 0.456 e. The molecule has 1 unspecified atom stereocenters. The van der Waals surface area contributed by atoms with Gasteiger partial charge in [-0.05, 0) is 97.1 Å². The summed E-state index contributed by atoms with van der Waals surface area (Å²) in [5, 5.41) is 11.5. The standard InChI is InChI=1S/C54H33N2O2PS/c57-59(36-12-2-1-3-13-36,37-24-26-49-43(32-37)39-14-4-8-18-47(39)55(49)34-22-28-52-45(30-34)41-16-6-10-20-51(41)58-52)38-25-27-50-44(33-38)40-15-5-9-19-48(40)56(50)35-23-29-54-46(31-35)42-17-7-11-21-53(42)60-54/h1-33H. The molecule has 0 saturated carbocycles. The third-order valence-electron chi connectivity index (χ3n) is 12.4. The molecule has 0 aliphatic heterocycles. The van der Waals surface area contributed by atoms with E-state index in [9.17, 15) is 0 Å². The fourth-order valence-electron chi connectivity index (χ4n) is 9.66. The highest BCUT2D eigenvalue weighted by molar-refractivity contribution is 7.85. The molecule has 0 aliphatic carbocycles. The Balaban J connectivity index is 1.02. The number of hydrogen-bond donors (Lipinski definition) is 0. The zero-order valence-corrected chi connectivity index (χ0v) is 33.8. The maximum Gasteiger partial charge on any atom is 0.171 e. The first-order chi connectivity index (χ1) is 29.6. The summed E-state index contributed by atoms with van der Waals surface area (Å²) >= 11 is 1.83. The van der Waals surface area contributed by atoms with E-state index < -0.39 is 7.14 Å². The fourth-order valence-corrected chi connectivity index (χ4v) is 13.4. The van der Waals surface area contributed by atoms with Gasteiger partial charge >= 0.3 is 0 Å². The Kier molecular flexibility index (Phi) is 7.13. The highest BCUT2D eigenvalue weighted by Crippen LogP contribution is 2.46. The molecule has 0 fully saturated rings. The second-order valence-corrected chi connectivity index (χ2v) is 19.5. The van der Waals surface area contributed by atoms with Gasteiger partial charge in [-0.2, -0.15) is 0 Å². The minimum absolute atomic E-state index is 0.804. The molecule has 0 aliphatic rings. The van der Waals surface area contributed by atoms with Crippen LogP contribution in [-0.2, 0) is 4.57 Å². The first-order valence-electron chi connectivity index (χ1n) is 20.2. The van der Waals surface area contributed by atoms with Crippen LogP contribution in [0, 0.1) is 0 Å². The van der Waals surface area contributed by atoms with Crippen LogP contribution in [0.15, 0.2) is 205 Å². The molecule has 1 atom stereocenters. The number of para-hydroxylation sites is 3. The molecule has 60 heavy (non-hydrogen) atoms. The number of furan rings is 1. The van der Waals surface area contributed by atoms with Crippen molar-refractivity contribution in [1.29, 1.82) is 0 Å². The van der Waals surface area contributed by atoms with E-state index in [0.717, 1.165) is 92.8 Å². The molecule has 0 N–H and O–H groups in total. The van der Waals surface area contributed by atoms with Gasteiger partial charge in [0.2, 0.25) is 0 Å². The summed E-state index contributed by atoms with van der Waals surface area (Å²) < 4.78 is 29.8. The van der Waals surface area contributed by atoms with Gasteiger partial charge in [-0.15, -0.1) is 11.3 Å². The average molecular weight is 805 g/mol. The Bertz CT molecular complexity index is 3710. The molecule has 4 nitrogen and oxygen atoms in total. The second-order valence-electron chi connectivity index (χ2n) is 15.6. The fraction of sp³-hybridized carbons (Fsp3) is 0. The van der Waals surface area contributed by atoms with Crippen molar-refractivity contribution in [2.75, 3.05) is 0 Å². The number of nitrogens with zero attached hydrogens (tertiary/aromatic N) is 2. The van der Waals surface area contributed by atoms with Crippen LogP contribution in [0.3, 0.4) is 0 Å². The molecule has 4 heterocycles. The van der Waals surface area contributed by atoms with E-state index in [-0.39, 0.29) is 0 Å². The maximum absolute atomic E-state index is 16.4. The van der Waals surface area contributed by atoms with Crippen molar-refractivity contribution in [3.05, 3.63) is 200 Å². The molecule has 6 heteroatoms. The summed E-state index contributed by atoms with van der Waals surface area (Å²) in [7, 11) is -3.40. The lowest BCUT2D eigenvalue weighted by Gasteiger charge is -2.21. The number of benzene rings is 9. The molecule has 0 radical (unpaired) electrons. The predicted molar refractivity (Wildman–Crippen MR) is 255 cm³/mol. The van der Waals surface area contributed by atoms with Crippen LogP contribution < -0.4 is 15.9 Å². The Morgan fingerprint density at radius 3 is 1.53 bits per heavy atom. The summed E-state index contributed by atoms with van der Waals surface area (Å²) in [5.74, 6) is 0. The molecule has 0 amide bonds. The van der Waals surface area contributed by atoms with Crippen molar-refractivity contribution < 1.29 is 8.98 Å². The van der Waals surface area contributed by atoms with Gasteiger partial charge in [-0.1, -0.05) is 103 Å². The van der Waals surface area contributed by atoms with E-state index in [1.165, 1.54) is 20.2 Å². The van der Waals surface area contributed by atoms with Gasteiger partial charge in [-0.3, -0.25) is 0 Å². The van der Waals surface area contributed by atoms with Gasteiger partial charge in [0.25, 0.3) is 0 Å². The summed E-state index contributed by atoms with van der Waals surface area (Å²) in [6.07, 6.45) is 0. The molecule has 4 aromatic heterocycles. The highest BCUT2D eigenvalue weighted by Gasteiger charge is 2.32. The Morgan fingerprint density at radius 1 is 0.350 bits per heavy atom. The van der Waals surface area contributed by atoms with Crippen LogP contribution in [0.25, 0.3) is 97.1 Å². The van der Waals surface area contributed by atoms with Crippen molar-refractivity contribution in [1.82, 2.24) is 9.13 Å². The molecular weight excluding hydrogens is 772 g/mol. The van der Waals surface area contributed by atoms with E-state index in [1.54, 1.807) is 0 Å². The average Bonchev–Trinajstić information content (AvgIpc) is 4.06. The van der Waals surface area contributed by atoms with E-state index >= 15 is 4.57 Å². The van der Waals surface area contributed by atoms with E-state index in [1.807, 2.05) is 53.8 Å². The number of thiophene rings is 1. The minimum atomic E-state index is -3.40. The Morgan fingerprint density at radius 2 is 0.850 bits per heavy atom. The maximum atomic E-state index is 16.4. The SMILES string of the molecule is O=P(c1ccccc1)(c1ccc2c(c1)c1ccccc1n2-c1ccc2oc3ccccc3c2c1)c1ccc2c(c1)c1ccccc1n2-c1ccc2sc3ccccc3c2c1. The van der Waals surface area contributed by atoms with Crippen molar-refractivity contribution in [3.63, 3.8) is 0 Å². The number of hydrogen-bond acceptors (Lipinski definition) is 3. The van der Waals surface area contributed by atoms with Crippen LogP contribution in [0.2, 0.25) is 0 Å². The van der Waals surface area contributed by atoms with Crippen LogP contribution in [0.4, 0.5) is 0 Å². The molecule has 0 saturated heterocycles. The van der Waals surface area contributed by atoms with Crippen molar-refractivity contribution in [2.45, 2.75) is 0 Å². The van der Waals surface area contributed by atoms with Gasteiger partial charge in [0.1, 0.15) is 11.2 Å². The summed E-state index contributed by atoms with van der Waals surface area (Å²) in [4.78, 5) is 0. The smallest absolute Gasteiger partial charge is 0.171 e. The Labute approximate surface area is 348 Å². The van der Waals surface area contributed by atoms with Crippen LogP contribution in [0.5, 0.6) is 0 Å². The van der Waals surface area contributed by atoms with Gasteiger partial charge in [0.05, 0.1) is 22.1 Å². The lowest BCUT2D eigenvalue weighted by atomic mass is 10.1. The van der Waals surface area contributed by atoms with Crippen molar-refractivity contribution >= 4 is 120 Å². The van der Waals surface area contributed by atoms with E-state index in [0.29, 0.717) is 0 Å². The second kappa shape index (κ2) is 12.7. The van der Waals surface area contributed by atoms with Crippen LogP contribution >= 0.6 is 18.5 Å². The molecule has 0 bridgehead atoms. The molecule has 13 rings (SSSR count). The minimum Gasteiger partial charge on any atom is -0.456 e. The first-order valence-corrected chi connectivity index (χ1v) is 22.7. The molecule has 282 valence electrons. The third-order valence-corrected chi connectivity index (χ3v) is 16.6. The first kappa shape index (κ1) is 33.8. The van der Waals surface area contributed by atoms with Gasteiger partial charge in [0, 0.05) is 79.8 Å². The lowest BCUT2D eigenvalue weighted by molar-refractivity contribution is 0.592. The summed E-state index contributed by atoms with van der Waals surface area (Å²) in [6, 6.07) is 70.1. The van der Waals surface area contributed by atoms with Crippen LogP contribution in [0.1, 0.15) is 0 Å². The van der Waals surface area contributed by atoms with Crippen molar-refractivity contribution in [3.8, 4) is 11.4 Å². The highest BCUT2D eigenvalue weighted by atomic mass is 32.1. The monoisotopic (exact) mass is 804 g/mol.